The fourth-order valence-corrected chi connectivity index (χ4v) is 2.01. The van der Waals surface area contributed by atoms with Crippen molar-refractivity contribution in [1.29, 1.82) is 0 Å². The molecule has 0 saturated carbocycles. The molecule has 3 nitrogen and oxygen atoms in total. The van der Waals surface area contributed by atoms with Crippen molar-refractivity contribution in [2.45, 2.75) is 12.4 Å². The molecule has 0 aromatic carbocycles. The predicted molar refractivity (Wildman–Crippen MR) is 57.5 cm³/mol. The molecule has 1 aliphatic heterocycles. The maximum atomic E-state index is 12.5. The van der Waals surface area contributed by atoms with Crippen LogP contribution < -0.4 is 5.73 Å². The minimum Gasteiger partial charge on any atom is -0.330 e. The molecule has 1 unspecified atom stereocenters. The first-order valence-electron chi connectivity index (χ1n) is 5.90. The quantitative estimate of drug-likeness (QED) is 0.793. The Bertz CT molecular complexity index is 269. The zero-order chi connectivity index (χ0) is 14.7. The van der Waals surface area contributed by atoms with Crippen LogP contribution in [0.2, 0.25) is 0 Å². The number of halogens is 6. The van der Waals surface area contributed by atoms with Crippen molar-refractivity contribution in [3.05, 3.63) is 0 Å². The summed E-state index contributed by atoms with van der Waals surface area (Å²) in [6.45, 7) is -1.14. The smallest absolute Gasteiger partial charge is 0.330 e. The van der Waals surface area contributed by atoms with Crippen LogP contribution in [0.1, 0.15) is 0 Å². The lowest BCUT2D eigenvalue weighted by atomic mass is 10.1. The molecule has 19 heavy (non-hydrogen) atoms. The number of nitrogens with zero attached hydrogens (tertiary/aromatic N) is 2. The van der Waals surface area contributed by atoms with Gasteiger partial charge in [0.15, 0.2) is 0 Å². The van der Waals surface area contributed by atoms with Crippen LogP contribution in [-0.4, -0.2) is 68.0 Å². The average Bonchev–Trinajstić information content (AvgIpc) is 2.24. The topological polar surface area (TPSA) is 32.5 Å². The first-order chi connectivity index (χ1) is 8.62. The lowest BCUT2D eigenvalue weighted by Crippen LogP contribution is -2.52. The van der Waals surface area contributed by atoms with Gasteiger partial charge in [0.05, 0.1) is 12.5 Å². The normalized spacial score (nSPS) is 21.6. The first kappa shape index (κ1) is 16.5. The zero-order valence-corrected chi connectivity index (χ0v) is 10.3. The van der Waals surface area contributed by atoms with Crippen LogP contribution in [0.5, 0.6) is 0 Å². The molecule has 114 valence electrons. The summed E-state index contributed by atoms with van der Waals surface area (Å²) >= 11 is 0. The van der Waals surface area contributed by atoms with Crippen molar-refractivity contribution in [3.63, 3.8) is 0 Å². The average molecular weight is 293 g/mol. The minimum absolute atomic E-state index is 0.120. The van der Waals surface area contributed by atoms with E-state index in [-0.39, 0.29) is 32.7 Å². The maximum absolute atomic E-state index is 12.5. The molecule has 9 heteroatoms. The van der Waals surface area contributed by atoms with Crippen molar-refractivity contribution >= 4 is 0 Å². The fraction of sp³-hybridized carbons (Fsp3) is 1.00. The van der Waals surface area contributed by atoms with Gasteiger partial charge >= 0.3 is 12.4 Å². The molecule has 0 bridgehead atoms. The summed E-state index contributed by atoms with van der Waals surface area (Å²) < 4.78 is 73.9. The molecule has 1 heterocycles. The monoisotopic (exact) mass is 293 g/mol. The van der Waals surface area contributed by atoms with Crippen LogP contribution in [0.4, 0.5) is 26.3 Å². The third kappa shape index (κ3) is 5.96. The Hall–Kier alpha value is -0.540. The van der Waals surface area contributed by atoms with Crippen molar-refractivity contribution in [2.24, 2.45) is 11.7 Å². The second-order valence-electron chi connectivity index (χ2n) is 4.67. The summed E-state index contributed by atoms with van der Waals surface area (Å²) in [5, 5.41) is 0. The van der Waals surface area contributed by atoms with E-state index in [1.54, 1.807) is 0 Å². The molecule has 0 spiro atoms. The molecule has 1 aliphatic rings. The molecule has 0 aromatic heterocycles. The second kappa shape index (κ2) is 6.27. The van der Waals surface area contributed by atoms with Crippen LogP contribution in [0.3, 0.4) is 0 Å². The Morgan fingerprint density at radius 1 is 0.895 bits per heavy atom. The Morgan fingerprint density at radius 3 is 1.74 bits per heavy atom. The number of hydrogen-bond donors (Lipinski definition) is 1. The summed E-state index contributed by atoms with van der Waals surface area (Å²) in [6.07, 6.45) is -8.63. The van der Waals surface area contributed by atoms with Crippen LogP contribution in [-0.2, 0) is 0 Å². The largest absolute Gasteiger partial charge is 0.401 e. The van der Waals surface area contributed by atoms with E-state index >= 15 is 0 Å². The number of nitrogens with two attached hydrogens (primary N) is 1. The molecule has 1 saturated heterocycles. The molecule has 2 N–H and O–H groups in total. The molecular weight excluding hydrogens is 276 g/mol. The molecule has 1 atom stereocenters. The van der Waals surface area contributed by atoms with Crippen LogP contribution >= 0.6 is 0 Å². The van der Waals surface area contributed by atoms with Gasteiger partial charge in [-0.3, -0.25) is 4.90 Å². The SMILES string of the molecule is NCC(CN1CCN(CC(F)(F)F)CC1)C(F)(F)F. The van der Waals surface area contributed by atoms with Gasteiger partial charge in [0.2, 0.25) is 0 Å². The van der Waals surface area contributed by atoms with E-state index in [2.05, 4.69) is 0 Å². The number of piperazine rings is 1. The lowest BCUT2D eigenvalue weighted by Gasteiger charge is -2.36. The van der Waals surface area contributed by atoms with Crippen molar-refractivity contribution in [2.75, 3.05) is 45.8 Å². The van der Waals surface area contributed by atoms with Gasteiger partial charge in [0, 0.05) is 39.3 Å². The Balaban J connectivity index is 2.38. The van der Waals surface area contributed by atoms with E-state index < -0.39 is 31.4 Å². The van der Waals surface area contributed by atoms with Crippen LogP contribution in [0, 0.1) is 5.92 Å². The van der Waals surface area contributed by atoms with E-state index in [0.717, 1.165) is 0 Å². The Labute approximate surface area is 107 Å². The molecule has 1 fully saturated rings. The van der Waals surface area contributed by atoms with Gasteiger partial charge < -0.3 is 10.6 Å². The van der Waals surface area contributed by atoms with Crippen molar-refractivity contribution in [1.82, 2.24) is 9.80 Å². The van der Waals surface area contributed by atoms with Gasteiger partial charge in [0.25, 0.3) is 0 Å². The van der Waals surface area contributed by atoms with Crippen molar-refractivity contribution in [3.8, 4) is 0 Å². The van der Waals surface area contributed by atoms with E-state index in [0.29, 0.717) is 0 Å². The van der Waals surface area contributed by atoms with E-state index in [4.69, 9.17) is 5.73 Å². The summed E-state index contributed by atoms with van der Waals surface area (Å²) in [5.74, 6) is -1.62. The number of rotatable bonds is 4. The third-order valence-electron chi connectivity index (χ3n) is 3.09. The zero-order valence-electron chi connectivity index (χ0n) is 10.3. The van der Waals surface area contributed by atoms with Gasteiger partial charge in [-0.25, -0.2) is 0 Å². The molecule has 1 rings (SSSR count). The highest BCUT2D eigenvalue weighted by Crippen LogP contribution is 2.26. The van der Waals surface area contributed by atoms with E-state index in [1.165, 1.54) is 9.80 Å². The summed E-state index contributed by atoms with van der Waals surface area (Å²) in [5.41, 5.74) is 5.08. The van der Waals surface area contributed by atoms with Crippen molar-refractivity contribution < 1.29 is 26.3 Å². The minimum atomic E-state index is -4.36. The Morgan fingerprint density at radius 2 is 1.37 bits per heavy atom. The summed E-state index contributed by atoms with van der Waals surface area (Å²) in [6, 6.07) is 0. The molecule has 0 aromatic rings. The molecule has 0 aliphatic carbocycles. The van der Waals surface area contributed by atoms with Gasteiger partial charge in [-0.15, -0.1) is 0 Å². The second-order valence-corrected chi connectivity index (χ2v) is 4.67. The highest BCUT2D eigenvalue weighted by atomic mass is 19.4. The van der Waals surface area contributed by atoms with Gasteiger partial charge in [-0.05, 0) is 0 Å². The highest BCUT2D eigenvalue weighted by Gasteiger charge is 2.40. The van der Waals surface area contributed by atoms with Crippen LogP contribution in [0.25, 0.3) is 0 Å². The summed E-state index contributed by atoms with van der Waals surface area (Å²) in [4.78, 5) is 2.71. The van der Waals surface area contributed by atoms with Gasteiger partial charge in [0.1, 0.15) is 0 Å². The summed E-state index contributed by atoms with van der Waals surface area (Å²) in [7, 11) is 0. The van der Waals surface area contributed by atoms with E-state index in [1.807, 2.05) is 0 Å². The predicted octanol–water partition coefficient (Wildman–Crippen LogP) is 1.30. The molecule has 0 amide bonds. The van der Waals surface area contributed by atoms with Gasteiger partial charge in [-0.2, -0.15) is 26.3 Å². The molecule has 0 radical (unpaired) electrons. The third-order valence-corrected chi connectivity index (χ3v) is 3.09. The number of alkyl halides is 6. The van der Waals surface area contributed by atoms with Gasteiger partial charge in [-0.1, -0.05) is 0 Å². The van der Waals surface area contributed by atoms with E-state index in [9.17, 15) is 26.3 Å². The fourth-order valence-electron chi connectivity index (χ4n) is 2.01. The maximum Gasteiger partial charge on any atom is 0.401 e. The first-order valence-corrected chi connectivity index (χ1v) is 5.90. The number of hydrogen-bond acceptors (Lipinski definition) is 3. The highest BCUT2D eigenvalue weighted by molar-refractivity contribution is 4.78. The standard InChI is InChI=1S/C10H17F6N3/c11-9(12,13)7-19-3-1-18(2-4-19)6-8(5-17)10(14,15)16/h8H,1-7,17H2. The van der Waals surface area contributed by atoms with Crippen LogP contribution in [0.15, 0.2) is 0 Å². The lowest BCUT2D eigenvalue weighted by molar-refractivity contribution is -0.178. The Kier molecular flexibility index (Phi) is 5.45. The molecular formula is C10H17F6N3.